The molecule has 2 rings (SSSR count). The third-order valence-corrected chi connectivity index (χ3v) is 3.06. The number of carbonyl (C=O) groups is 1. The van der Waals surface area contributed by atoms with E-state index in [9.17, 15) is 4.79 Å². The van der Waals surface area contributed by atoms with Crippen molar-refractivity contribution >= 4 is 12.0 Å². The molecular weight excluding hydrogens is 202 g/mol. The summed E-state index contributed by atoms with van der Waals surface area (Å²) in [7, 11) is 0. The maximum absolute atomic E-state index is 10.6. The molecule has 3 N–H and O–H groups in total. The van der Waals surface area contributed by atoms with Crippen LogP contribution in [-0.2, 0) is 4.79 Å². The van der Waals surface area contributed by atoms with Crippen LogP contribution in [0.4, 0.5) is 0 Å². The first kappa shape index (κ1) is 10.7. The third-order valence-electron chi connectivity index (χ3n) is 3.06. The average molecular weight is 217 g/mol. The van der Waals surface area contributed by atoms with E-state index in [0.717, 1.165) is 5.56 Å². The second kappa shape index (κ2) is 4.39. The van der Waals surface area contributed by atoms with Crippen molar-refractivity contribution in [2.45, 2.75) is 25.2 Å². The highest BCUT2D eigenvalue weighted by Crippen LogP contribution is 2.36. The maximum atomic E-state index is 10.6. The lowest BCUT2D eigenvalue weighted by atomic mass is 9.80. The Morgan fingerprint density at radius 1 is 1.44 bits per heavy atom. The molecule has 1 saturated carbocycles. The summed E-state index contributed by atoms with van der Waals surface area (Å²) < 4.78 is 0. The van der Waals surface area contributed by atoms with Gasteiger partial charge in [-0.25, -0.2) is 4.79 Å². The summed E-state index contributed by atoms with van der Waals surface area (Å²) in [6.45, 7) is 0. The van der Waals surface area contributed by atoms with Gasteiger partial charge in [0, 0.05) is 0 Å². The van der Waals surface area contributed by atoms with Gasteiger partial charge in [-0.3, -0.25) is 0 Å². The molecule has 0 unspecified atom stereocenters. The van der Waals surface area contributed by atoms with Gasteiger partial charge in [0.05, 0.1) is 0 Å². The smallest absolute Gasteiger partial charge is 0.351 e. The quantitative estimate of drug-likeness (QED) is 0.764. The summed E-state index contributed by atoms with van der Waals surface area (Å²) >= 11 is 0. The lowest BCUT2D eigenvalue weighted by Crippen LogP contribution is -2.10. The van der Waals surface area contributed by atoms with E-state index in [1.54, 1.807) is 0 Å². The van der Waals surface area contributed by atoms with E-state index < -0.39 is 5.97 Å². The molecule has 0 amide bonds. The van der Waals surface area contributed by atoms with Crippen molar-refractivity contribution in [3.63, 3.8) is 0 Å². The Bertz CT molecular complexity index is 433. The second-order valence-corrected chi connectivity index (χ2v) is 4.20. The second-order valence-electron chi connectivity index (χ2n) is 4.20. The molecule has 1 aliphatic carbocycles. The molecule has 1 aromatic rings. The summed E-state index contributed by atoms with van der Waals surface area (Å²) in [5.74, 6) is -0.423. The Hall–Kier alpha value is -1.77. The first-order valence-electron chi connectivity index (χ1n) is 5.47. The minimum absolute atomic E-state index is 0.120. The van der Waals surface area contributed by atoms with Crippen LogP contribution in [0, 0.1) is 0 Å². The number of carboxylic acid groups (broad SMARTS) is 1. The summed E-state index contributed by atoms with van der Waals surface area (Å²) in [4.78, 5) is 10.6. The fourth-order valence-electron chi connectivity index (χ4n) is 1.89. The Morgan fingerprint density at radius 3 is 2.75 bits per heavy atom. The highest BCUT2D eigenvalue weighted by atomic mass is 16.4. The zero-order valence-corrected chi connectivity index (χ0v) is 9.02. The number of benzene rings is 1. The Labute approximate surface area is 94.6 Å². The normalized spacial score (nSPS) is 16.9. The predicted molar refractivity (Wildman–Crippen MR) is 62.8 cm³/mol. The fraction of sp³-hybridized carbons (Fsp3) is 0.308. The summed E-state index contributed by atoms with van der Waals surface area (Å²) in [5, 5.41) is 8.69. The monoisotopic (exact) mass is 217 g/mol. The molecule has 16 heavy (non-hydrogen) atoms. The highest BCUT2D eigenvalue weighted by Gasteiger charge is 2.19. The van der Waals surface area contributed by atoms with Crippen LogP contribution >= 0.6 is 0 Å². The van der Waals surface area contributed by atoms with Crippen LogP contribution in [-0.4, -0.2) is 11.1 Å². The zero-order valence-electron chi connectivity index (χ0n) is 9.02. The molecule has 84 valence electrons. The third kappa shape index (κ3) is 2.24. The molecule has 0 atom stereocenters. The van der Waals surface area contributed by atoms with Gasteiger partial charge in [-0.15, -0.1) is 0 Å². The Balaban J connectivity index is 2.21. The molecule has 1 aliphatic rings. The molecule has 0 radical (unpaired) electrons. The molecule has 0 aliphatic heterocycles. The number of nitrogens with two attached hydrogens (primary N) is 1. The van der Waals surface area contributed by atoms with Crippen LogP contribution < -0.4 is 5.73 Å². The molecule has 0 spiro atoms. The van der Waals surface area contributed by atoms with E-state index in [0.29, 0.717) is 5.92 Å². The Morgan fingerprint density at radius 2 is 2.19 bits per heavy atom. The number of aliphatic carboxylic acids is 1. The van der Waals surface area contributed by atoms with Gasteiger partial charge in [-0.05, 0) is 36.0 Å². The van der Waals surface area contributed by atoms with Gasteiger partial charge < -0.3 is 10.8 Å². The molecule has 0 bridgehead atoms. The van der Waals surface area contributed by atoms with Gasteiger partial charge in [-0.1, -0.05) is 30.7 Å². The van der Waals surface area contributed by atoms with E-state index in [4.69, 9.17) is 10.8 Å². The molecule has 1 fully saturated rings. The molecule has 3 heteroatoms. The van der Waals surface area contributed by atoms with Gasteiger partial charge in [0.1, 0.15) is 5.70 Å². The van der Waals surface area contributed by atoms with Crippen molar-refractivity contribution in [3.05, 3.63) is 41.1 Å². The number of hydrogen-bond donors (Lipinski definition) is 2. The van der Waals surface area contributed by atoms with E-state index in [1.165, 1.54) is 30.9 Å². The van der Waals surface area contributed by atoms with Gasteiger partial charge in [0.25, 0.3) is 0 Å². The number of hydrogen-bond acceptors (Lipinski definition) is 2. The fourth-order valence-corrected chi connectivity index (χ4v) is 1.89. The summed E-state index contributed by atoms with van der Waals surface area (Å²) in [6.07, 6.45) is 5.27. The molecule has 0 heterocycles. The van der Waals surface area contributed by atoms with Gasteiger partial charge in [0.2, 0.25) is 0 Å². The number of rotatable bonds is 3. The van der Waals surface area contributed by atoms with Crippen LogP contribution in [0.25, 0.3) is 6.08 Å². The first-order valence-corrected chi connectivity index (χ1v) is 5.47. The average Bonchev–Trinajstić information content (AvgIpc) is 2.15. The van der Waals surface area contributed by atoms with Crippen molar-refractivity contribution in [3.8, 4) is 0 Å². The lowest BCUT2D eigenvalue weighted by Gasteiger charge is -2.25. The van der Waals surface area contributed by atoms with Crippen molar-refractivity contribution in [1.29, 1.82) is 0 Å². The van der Waals surface area contributed by atoms with Crippen molar-refractivity contribution in [2.75, 3.05) is 0 Å². The predicted octanol–water partition coefficient (Wildman–Crippen LogP) is 2.34. The van der Waals surface area contributed by atoms with E-state index in [-0.39, 0.29) is 5.70 Å². The van der Waals surface area contributed by atoms with E-state index in [2.05, 4.69) is 6.07 Å². The summed E-state index contributed by atoms with van der Waals surface area (Å²) in [6, 6.07) is 7.95. The standard InChI is InChI=1S/C13H15NO2/c14-12(13(15)16)8-9-3-1-6-11(7-9)10-4-2-5-10/h1,3,6-8,10H,2,4-5,14H2,(H,15,16)/b12-8+. The Kier molecular flexibility index (Phi) is 2.95. The van der Waals surface area contributed by atoms with Crippen LogP contribution in [0.2, 0.25) is 0 Å². The number of carboxylic acids is 1. The van der Waals surface area contributed by atoms with Gasteiger partial charge >= 0.3 is 5.97 Å². The minimum Gasteiger partial charge on any atom is -0.477 e. The first-order chi connectivity index (χ1) is 7.66. The molecule has 0 aromatic heterocycles. The maximum Gasteiger partial charge on any atom is 0.351 e. The van der Waals surface area contributed by atoms with Crippen molar-refractivity contribution in [1.82, 2.24) is 0 Å². The summed E-state index contributed by atoms with van der Waals surface area (Å²) in [5.41, 5.74) is 7.42. The lowest BCUT2D eigenvalue weighted by molar-refractivity contribution is -0.132. The van der Waals surface area contributed by atoms with E-state index >= 15 is 0 Å². The topological polar surface area (TPSA) is 63.3 Å². The van der Waals surface area contributed by atoms with Crippen LogP contribution in [0.15, 0.2) is 30.0 Å². The molecular formula is C13H15NO2. The highest BCUT2D eigenvalue weighted by molar-refractivity contribution is 5.90. The van der Waals surface area contributed by atoms with Crippen molar-refractivity contribution < 1.29 is 9.90 Å². The zero-order chi connectivity index (χ0) is 11.5. The van der Waals surface area contributed by atoms with Crippen molar-refractivity contribution in [2.24, 2.45) is 5.73 Å². The van der Waals surface area contributed by atoms with Crippen LogP contribution in [0.3, 0.4) is 0 Å². The largest absolute Gasteiger partial charge is 0.477 e. The van der Waals surface area contributed by atoms with E-state index in [1.807, 2.05) is 18.2 Å². The minimum atomic E-state index is -1.07. The molecule has 1 aromatic carbocycles. The molecule has 0 saturated heterocycles. The van der Waals surface area contributed by atoms with Crippen LogP contribution in [0.1, 0.15) is 36.3 Å². The SMILES string of the molecule is N/C(=C/c1cccc(C2CCC2)c1)C(=O)O. The molecule has 3 nitrogen and oxygen atoms in total. The van der Waals surface area contributed by atoms with Gasteiger partial charge in [-0.2, -0.15) is 0 Å². The van der Waals surface area contributed by atoms with Crippen LogP contribution in [0.5, 0.6) is 0 Å². The van der Waals surface area contributed by atoms with Gasteiger partial charge in [0.15, 0.2) is 0 Å².